The molecule has 4 rings (SSSR count). The monoisotopic (exact) mass is 524 g/mol. The first-order valence-corrected chi connectivity index (χ1v) is 14.1. The van der Waals surface area contributed by atoms with Crippen LogP contribution in [0.3, 0.4) is 0 Å². The number of carbonyl (C=O) groups excluding carboxylic acids is 1. The number of carbonyl (C=O) groups is 1. The molecule has 2 aromatic rings. The molecule has 2 aliphatic rings. The Bertz CT molecular complexity index is 1140. The quantitative estimate of drug-likeness (QED) is 0.479. The molecule has 0 atom stereocenters. The fourth-order valence-corrected chi connectivity index (χ4v) is 6.89. The van der Waals surface area contributed by atoms with Gasteiger partial charge in [-0.2, -0.15) is 0 Å². The summed E-state index contributed by atoms with van der Waals surface area (Å²) in [4.78, 5) is 21.9. The third kappa shape index (κ3) is 6.56. The summed E-state index contributed by atoms with van der Waals surface area (Å²) in [5, 5.41) is 13.1. The van der Waals surface area contributed by atoms with Crippen molar-refractivity contribution in [2.45, 2.75) is 68.9 Å². The summed E-state index contributed by atoms with van der Waals surface area (Å²) in [5.41, 5.74) is 1.24. The third-order valence-electron chi connectivity index (χ3n) is 6.44. The summed E-state index contributed by atoms with van der Waals surface area (Å²) >= 11 is 1.28. The maximum absolute atomic E-state index is 13.2. The first-order valence-electron chi connectivity index (χ1n) is 11.8. The second kappa shape index (κ2) is 11.3. The molecule has 2 fully saturated rings. The van der Waals surface area contributed by atoms with Crippen molar-refractivity contribution in [1.29, 1.82) is 0 Å². The first-order chi connectivity index (χ1) is 16.7. The number of nitrogens with one attached hydrogen (secondary N) is 2. The lowest BCUT2D eigenvalue weighted by atomic mass is 9.94. The molecule has 35 heavy (non-hydrogen) atoms. The van der Waals surface area contributed by atoms with Crippen LogP contribution < -0.4 is 14.8 Å². The lowest BCUT2D eigenvalue weighted by Gasteiger charge is -2.26. The van der Waals surface area contributed by atoms with E-state index in [1.165, 1.54) is 24.5 Å². The van der Waals surface area contributed by atoms with Crippen molar-refractivity contribution < 1.29 is 27.8 Å². The van der Waals surface area contributed by atoms with Crippen LogP contribution in [0.5, 0.6) is 5.88 Å². The summed E-state index contributed by atoms with van der Waals surface area (Å²) in [6.07, 6.45) is 5.60. The third-order valence-corrected chi connectivity index (χ3v) is 9.08. The van der Waals surface area contributed by atoms with Gasteiger partial charge >= 0.3 is 0 Å². The molecular weight excluding hydrogens is 492 g/mol. The molecule has 1 amide bonds. The van der Waals surface area contributed by atoms with Crippen LogP contribution in [-0.2, 0) is 19.6 Å². The minimum atomic E-state index is -3.91. The number of anilines is 1. The molecule has 10 nitrogen and oxygen atoms in total. The number of amides is 1. The maximum atomic E-state index is 13.2. The molecule has 12 heteroatoms. The Morgan fingerprint density at radius 1 is 1.23 bits per heavy atom. The molecular formula is C23H32N4O6S2. The number of methoxy groups -OCH3 is 1. The number of aliphatic hydroxyl groups is 1. The van der Waals surface area contributed by atoms with Gasteiger partial charge in [-0.25, -0.2) is 23.1 Å². The molecule has 0 bridgehead atoms. The van der Waals surface area contributed by atoms with E-state index in [0.29, 0.717) is 67.6 Å². The molecule has 2 aromatic heterocycles. The van der Waals surface area contributed by atoms with E-state index in [4.69, 9.17) is 9.47 Å². The van der Waals surface area contributed by atoms with Crippen molar-refractivity contribution >= 4 is 32.4 Å². The van der Waals surface area contributed by atoms with Crippen LogP contribution in [0.2, 0.25) is 0 Å². The first kappa shape index (κ1) is 26.0. The Labute approximate surface area is 209 Å². The predicted octanol–water partition coefficient (Wildman–Crippen LogP) is 2.86. The van der Waals surface area contributed by atoms with E-state index in [1.807, 2.05) is 6.92 Å². The van der Waals surface area contributed by atoms with Crippen molar-refractivity contribution in [2.24, 2.45) is 5.92 Å². The molecule has 0 unspecified atom stereocenters. The Morgan fingerprint density at radius 3 is 2.63 bits per heavy atom. The standard InChI is InChI=1S/C23H32N4O6S2/c1-14-21(34-23(25-14)26-20(29)11-15-7-9-33-10-8-15)16-12-19(22(32-2)24-13-16)35(30,31)27-17-3-5-18(28)6-4-17/h12-13,15,17-18,27-28H,3-11H2,1-2H3,(H,25,26,29). The van der Waals surface area contributed by atoms with Crippen LogP contribution in [-0.4, -0.2) is 61.9 Å². The number of rotatable bonds is 8. The number of hydrogen-bond donors (Lipinski definition) is 3. The summed E-state index contributed by atoms with van der Waals surface area (Å²) in [6.45, 7) is 3.18. The highest BCUT2D eigenvalue weighted by molar-refractivity contribution is 7.89. The number of ether oxygens (including phenoxy) is 2. The van der Waals surface area contributed by atoms with Crippen molar-refractivity contribution in [3.8, 4) is 16.3 Å². The molecule has 0 spiro atoms. The van der Waals surface area contributed by atoms with Gasteiger partial charge in [0.15, 0.2) is 5.13 Å². The van der Waals surface area contributed by atoms with Crippen LogP contribution in [0.25, 0.3) is 10.4 Å². The summed E-state index contributed by atoms with van der Waals surface area (Å²) in [6, 6.07) is 1.28. The average molecular weight is 525 g/mol. The number of aromatic nitrogens is 2. The van der Waals surface area contributed by atoms with Crippen molar-refractivity contribution in [1.82, 2.24) is 14.7 Å². The zero-order valence-corrected chi connectivity index (χ0v) is 21.6. The molecule has 1 saturated carbocycles. The van der Waals surface area contributed by atoms with Crippen LogP contribution in [0.15, 0.2) is 17.2 Å². The highest BCUT2D eigenvalue weighted by Gasteiger charge is 2.28. The molecule has 1 aliphatic carbocycles. The van der Waals surface area contributed by atoms with E-state index in [-0.39, 0.29) is 28.8 Å². The van der Waals surface area contributed by atoms with Gasteiger partial charge in [0.05, 0.1) is 23.8 Å². The van der Waals surface area contributed by atoms with E-state index in [0.717, 1.165) is 17.7 Å². The largest absolute Gasteiger partial charge is 0.480 e. The SMILES string of the molecule is COc1ncc(-c2sc(NC(=O)CC3CCOCC3)nc2C)cc1S(=O)(=O)NC1CCC(O)CC1. The van der Waals surface area contributed by atoms with Crippen molar-refractivity contribution in [2.75, 3.05) is 25.6 Å². The molecule has 1 aliphatic heterocycles. The number of aryl methyl sites for hydroxylation is 1. The highest BCUT2D eigenvalue weighted by Crippen LogP contribution is 2.36. The van der Waals surface area contributed by atoms with Crippen LogP contribution in [0.1, 0.15) is 50.6 Å². The predicted molar refractivity (Wildman–Crippen MR) is 132 cm³/mol. The molecule has 0 aromatic carbocycles. The lowest BCUT2D eigenvalue weighted by molar-refractivity contribution is -0.117. The highest BCUT2D eigenvalue weighted by atomic mass is 32.2. The minimum Gasteiger partial charge on any atom is -0.480 e. The summed E-state index contributed by atoms with van der Waals surface area (Å²) < 4.78 is 39.7. The number of pyridine rings is 1. The zero-order chi connectivity index (χ0) is 25.0. The fourth-order valence-electron chi connectivity index (χ4n) is 4.48. The molecule has 3 heterocycles. The maximum Gasteiger partial charge on any atom is 0.246 e. The van der Waals surface area contributed by atoms with E-state index in [9.17, 15) is 18.3 Å². The Hall–Kier alpha value is -2.12. The molecule has 1 saturated heterocycles. The second-order valence-electron chi connectivity index (χ2n) is 9.10. The van der Waals surface area contributed by atoms with Crippen LogP contribution in [0, 0.1) is 12.8 Å². The minimum absolute atomic E-state index is 0.00394. The van der Waals surface area contributed by atoms with E-state index < -0.39 is 10.0 Å². The number of hydrogen-bond acceptors (Lipinski definition) is 9. The van der Waals surface area contributed by atoms with Gasteiger partial charge in [-0.1, -0.05) is 11.3 Å². The van der Waals surface area contributed by atoms with Crippen molar-refractivity contribution in [3.05, 3.63) is 18.0 Å². The lowest BCUT2D eigenvalue weighted by Crippen LogP contribution is -2.38. The number of sulfonamides is 1. The van der Waals surface area contributed by atoms with Gasteiger partial charge < -0.3 is 19.9 Å². The zero-order valence-electron chi connectivity index (χ0n) is 20.0. The van der Waals surface area contributed by atoms with Gasteiger partial charge in [0.25, 0.3) is 0 Å². The van der Waals surface area contributed by atoms with Gasteiger partial charge in [0.1, 0.15) is 4.90 Å². The average Bonchev–Trinajstić information content (AvgIpc) is 3.20. The van der Waals surface area contributed by atoms with Gasteiger partial charge in [0.2, 0.25) is 21.8 Å². The summed E-state index contributed by atoms with van der Waals surface area (Å²) in [5.74, 6) is 0.224. The Kier molecular flexibility index (Phi) is 8.38. The molecule has 192 valence electrons. The van der Waals surface area contributed by atoms with Crippen LogP contribution >= 0.6 is 11.3 Å². The smallest absolute Gasteiger partial charge is 0.246 e. The normalized spacial score (nSPS) is 21.6. The number of thiazole rings is 1. The van der Waals surface area contributed by atoms with Gasteiger partial charge in [-0.05, 0) is 57.4 Å². The van der Waals surface area contributed by atoms with E-state index in [2.05, 4.69) is 20.0 Å². The van der Waals surface area contributed by atoms with Gasteiger partial charge in [0, 0.05) is 37.4 Å². The number of aliphatic hydroxyl groups excluding tert-OH is 1. The number of nitrogens with zero attached hydrogens (tertiary/aromatic N) is 2. The molecule has 0 radical (unpaired) electrons. The van der Waals surface area contributed by atoms with Crippen LogP contribution in [0.4, 0.5) is 5.13 Å². The topological polar surface area (TPSA) is 140 Å². The van der Waals surface area contributed by atoms with Crippen molar-refractivity contribution in [3.63, 3.8) is 0 Å². The van der Waals surface area contributed by atoms with Gasteiger partial charge in [-0.15, -0.1) is 0 Å². The van der Waals surface area contributed by atoms with E-state index >= 15 is 0 Å². The molecule has 3 N–H and O–H groups in total. The van der Waals surface area contributed by atoms with Gasteiger partial charge in [-0.3, -0.25) is 4.79 Å². The second-order valence-corrected chi connectivity index (χ2v) is 11.8. The Morgan fingerprint density at radius 2 is 1.94 bits per heavy atom. The van der Waals surface area contributed by atoms with E-state index in [1.54, 1.807) is 6.20 Å². The summed E-state index contributed by atoms with van der Waals surface area (Å²) in [7, 11) is -2.53. The fraction of sp³-hybridized carbons (Fsp3) is 0.609. The Balaban J connectivity index is 1.51.